The van der Waals surface area contributed by atoms with E-state index in [1.54, 1.807) is 12.3 Å². The summed E-state index contributed by atoms with van der Waals surface area (Å²) in [5.74, 6) is 6.36. The molecule has 116 valence electrons. The van der Waals surface area contributed by atoms with Gasteiger partial charge in [-0.1, -0.05) is 5.92 Å². The first-order valence-corrected chi connectivity index (χ1v) is 11.1. The SMILES string of the molecule is CC(CCC(C)(C)C#Cc1ccnc(Cl)n1)O[Si](C)(C)C. The zero-order valence-corrected chi connectivity index (χ0v) is 15.6. The molecule has 0 spiro atoms. The first kappa shape index (κ1) is 18.2. The minimum Gasteiger partial charge on any atom is -0.415 e. The maximum absolute atomic E-state index is 6.06. The summed E-state index contributed by atoms with van der Waals surface area (Å²) in [7, 11) is -1.46. The number of rotatable bonds is 5. The molecule has 0 N–H and O–H groups in total. The summed E-state index contributed by atoms with van der Waals surface area (Å²) in [6.07, 6.45) is 3.91. The van der Waals surface area contributed by atoms with Gasteiger partial charge in [-0.05, 0) is 76.8 Å². The molecule has 1 heterocycles. The topological polar surface area (TPSA) is 35.0 Å². The lowest BCUT2D eigenvalue weighted by molar-refractivity contribution is 0.187. The molecule has 0 aliphatic carbocycles. The van der Waals surface area contributed by atoms with E-state index < -0.39 is 8.32 Å². The van der Waals surface area contributed by atoms with Gasteiger partial charge >= 0.3 is 0 Å². The van der Waals surface area contributed by atoms with Gasteiger partial charge in [0.05, 0.1) is 0 Å². The standard InChI is InChI=1S/C16H25ClN2OSi/c1-13(20-21(4,5)6)7-10-16(2,3)11-8-14-9-12-18-15(17)19-14/h9,12-13H,7,10H2,1-6H3. The number of hydrogen-bond acceptors (Lipinski definition) is 3. The van der Waals surface area contributed by atoms with Crippen LogP contribution in [0.5, 0.6) is 0 Å². The van der Waals surface area contributed by atoms with Crippen molar-refractivity contribution in [3.63, 3.8) is 0 Å². The smallest absolute Gasteiger partial charge is 0.223 e. The normalized spacial score (nSPS) is 13.5. The second-order valence-electron chi connectivity index (χ2n) is 6.92. The van der Waals surface area contributed by atoms with Crippen molar-refractivity contribution in [3.05, 3.63) is 23.2 Å². The van der Waals surface area contributed by atoms with E-state index in [4.69, 9.17) is 16.0 Å². The largest absolute Gasteiger partial charge is 0.415 e. The van der Waals surface area contributed by atoms with E-state index in [-0.39, 0.29) is 16.8 Å². The Bertz CT molecular complexity index is 529. The van der Waals surface area contributed by atoms with E-state index in [1.165, 1.54) is 0 Å². The minimum absolute atomic E-state index is 0.0749. The maximum atomic E-state index is 6.06. The average molecular weight is 325 g/mol. The van der Waals surface area contributed by atoms with Gasteiger partial charge in [0.25, 0.3) is 0 Å². The Balaban J connectivity index is 2.58. The van der Waals surface area contributed by atoms with Gasteiger partial charge in [-0.2, -0.15) is 0 Å². The van der Waals surface area contributed by atoms with Crippen LogP contribution >= 0.6 is 11.6 Å². The van der Waals surface area contributed by atoms with Gasteiger partial charge in [-0.15, -0.1) is 0 Å². The molecule has 21 heavy (non-hydrogen) atoms. The second kappa shape index (κ2) is 7.39. The zero-order chi connectivity index (χ0) is 16.1. The van der Waals surface area contributed by atoms with E-state index in [0.717, 1.165) is 12.8 Å². The number of halogens is 1. The van der Waals surface area contributed by atoms with E-state index in [9.17, 15) is 0 Å². The molecule has 5 heteroatoms. The van der Waals surface area contributed by atoms with Crippen molar-refractivity contribution in [1.82, 2.24) is 9.97 Å². The number of hydrogen-bond donors (Lipinski definition) is 0. The van der Waals surface area contributed by atoms with E-state index >= 15 is 0 Å². The van der Waals surface area contributed by atoms with Gasteiger partial charge < -0.3 is 4.43 Å². The summed E-state index contributed by atoms with van der Waals surface area (Å²) in [5, 5.41) is 0.233. The molecule has 1 aromatic heterocycles. The third kappa shape index (κ3) is 8.20. The van der Waals surface area contributed by atoms with Crippen LogP contribution in [0.3, 0.4) is 0 Å². The highest BCUT2D eigenvalue weighted by Gasteiger charge is 2.21. The van der Waals surface area contributed by atoms with Crippen LogP contribution in [-0.4, -0.2) is 24.4 Å². The number of aromatic nitrogens is 2. The van der Waals surface area contributed by atoms with Crippen molar-refractivity contribution in [2.45, 2.75) is 59.4 Å². The molecular weight excluding hydrogens is 300 g/mol. The van der Waals surface area contributed by atoms with Crippen LogP contribution in [-0.2, 0) is 4.43 Å². The van der Waals surface area contributed by atoms with Crippen molar-refractivity contribution >= 4 is 19.9 Å². The van der Waals surface area contributed by atoms with Crippen LogP contribution in [0.4, 0.5) is 0 Å². The maximum Gasteiger partial charge on any atom is 0.223 e. The summed E-state index contributed by atoms with van der Waals surface area (Å²) < 4.78 is 6.06. The van der Waals surface area contributed by atoms with Crippen LogP contribution in [0.2, 0.25) is 24.9 Å². The second-order valence-corrected chi connectivity index (χ2v) is 11.7. The first-order valence-electron chi connectivity index (χ1n) is 7.27. The van der Waals surface area contributed by atoms with Gasteiger partial charge in [0.1, 0.15) is 5.69 Å². The number of nitrogens with zero attached hydrogens (tertiary/aromatic N) is 2. The van der Waals surface area contributed by atoms with Crippen molar-refractivity contribution in [2.24, 2.45) is 5.41 Å². The Labute approximate surface area is 134 Å². The molecule has 0 saturated heterocycles. The van der Waals surface area contributed by atoms with Crippen molar-refractivity contribution in [1.29, 1.82) is 0 Å². The molecule has 0 bridgehead atoms. The third-order valence-corrected chi connectivity index (χ3v) is 4.18. The predicted molar refractivity (Wildman–Crippen MR) is 90.8 cm³/mol. The van der Waals surface area contributed by atoms with Crippen molar-refractivity contribution in [3.8, 4) is 11.8 Å². The van der Waals surface area contributed by atoms with Gasteiger partial charge in [0.15, 0.2) is 8.32 Å². The molecular formula is C16H25ClN2OSi. The van der Waals surface area contributed by atoms with E-state index in [0.29, 0.717) is 5.69 Å². The van der Waals surface area contributed by atoms with E-state index in [1.807, 2.05) is 0 Å². The molecule has 0 aliphatic rings. The Kier molecular flexibility index (Phi) is 6.39. The van der Waals surface area contributed by atoms with E-state index in [2.05, 4.69) is 62.2 Å². The molecule has 0 aromatic carbocycles. The van der Waals surface area contributed by atoms with Crippen LogP contribution < -0.4 is 0 Å². The van der Waals surface area contributed by atoms with Crippen LogP contribution in [0.15, 0.2) is 12.3 Å². The Hall–Kier alpha value is -0.893. The lowest BCUT2D eigenvalue weighted by Gasteiger charge is -2.26. The molecule has 0 radical (unpaired) electrons. The van der Waals surface area contributed by atoms with Crippen molar-refractivity contribution < 1.29 is 4.43 Å². The predicted octanol–water partition coefficient (Wildman–Crippen LogP) is 4.53. The Morgan fingerprint density at radius 3 is 2.62 bits per heavy atom. The van der Waals surface area contributed by atoms with Crippen molar-refractivity contribution in [2.75, 3.05) is 0 Å². The van der Waals surface area contributed by atoms with Crippen LogP contribution in [0, 0.1) is 17.3 Å². The Morgan fingerprint density at radius 1 is 1.38 bits per heavy atom. The molecule has 1 rings (SSSR count). The molecule has 1 aromatic rings. The molecule has 1 unspecified atom stereocenters. The molecule has 0 amide bonds. The van der Waals surface area contributed by atoms with Gasteiger partial charge in [-0.3, -0.25) is 0 Å². The summed E-state index contributed by atoms with van der Waals surface area (Å²) in [6.45, 7) is 13.1. The fourth-order valence-electron chi connectivity index (χ4n) is 1.93. The summed E-state index contributed by atoms with van der Waals surface area (Å²) in [6, 6.07) is 1.77. The Morgan fingerprint density at radius 2 is 2.05 bits per heavy atom. The van der Waals surface area contributed by atoms with Crippen LogP contribution in [0.1, 0.15) is 39.3 Å². The van der Waals surface area contributed by atoms with Gasteiger partial charge in [0.2, 0.25) is 5.28 Å². The summed E-state index contributed by atoms with van der Waals surface area (Å²) in [4.78, 5) is 7.93. The molecule has 1 atom stereocenters. The first-order chi connectivity index (χ1) is 9.57. The fourth-order valence-corrected chi connectivity index (χ4v) is 3.40. The highest BCUT2D eigenvalue weighted by atomic mass is 35.5. The fraction of sp³-hybridized carbons (Fsp3) is 0.625. The summed E-state index contributed by atoms with van der Waals surface area (Å²) in [5.41, 5.74) is 0.587. The van der Waals surface area contributed by atoms with Gasteiger partial charge in [-0.25, -0.2) is 9.97 Å². The average Bonchev–Trinajstić information content (AvgIpc) is 2.33. The van der Waals surface area contributed by atoms with Crippen LogP contribution in [0.25, 0.3) is 0 Å². The molecule has 0 saturated carbocycles. The lowest BCUT2D eigenvalue weighted by atomic mass is 9.87. The zero-order valence-electron chi connectivity index (χ0n) is 13.8. The highest BCUT2D eigenvalue weighted by molar-refractivity contribution is 6.69. The third-order valence-electron chi connectivity index (χ3n) is 2.89. The highest BCUT2D eigenvalue weighted by Crippen LogP contribution is 2.24. The van der Waals surface area contributed by atoms with Gasteiger partial charge in [0, 0.05) is 17.7 Å². The molecule has 0 aliphatic heterocycles. The lowest BCUT2D eigenvalue weighted by Crippen LogP contribution is -2.31. The molecule has 0 fully saturated rings. The summed E-state index contributed by atoms with van der Waals surface area (Å²) >= 11 is 5.76. The molecule has 3 nitrogen and oxygen atoms in total. The monoisotopic (exact) mass is 324 g/mol. The minimum atomic E-state index is -1.46. The quantitative estimate of drug-likeness (QED) is 0.453.